The van der Waals surface area contributed by atoms with Crippen molar-refractivity contribution < 1.29 is 27.4 Å². The molecule has 1 N–H and O–H groups in total. The number of ether oxygens (including phenoxy) is 4. The lowest BCUT2D eigenvalue weighted by Crippen LogP contribution is -2.45. The largest absolute Gasteiger partial charge is 0.350 e. The second kappa shape index (κ2) is 11.6. The fourth-order valence-electron chi connectivity index (χ4n) is 2.95. The van der Waals surface area contributed by atoms with E-state index in [2.05, 4.69) is 9.12 Å². The van der Waals surface area contributed by atoms with Gasteiger partial charge in [0.15, 0.2) is 12.6 Å². The summed E-state index contributed by atoms with van der Waals surface area (Å²) in [6.45, 7) is 13.7. The van der Waals surface area contributed by atoms with E-state index >= 15 is 0 Å². The van der Waals surface area contributed by atoms with Crippen LogP contribution in [0.3, 0.4) is 0 Å². The van der Waals surface area contributed by atoms with Crippen LogP contribution in [0.2, 0.25) is 0 Å². The predicted octanol–water partition coefficient (Wildman–Crippen LogP) is 2.47. The van der Waals surface area contributed by atoms with E-state index in [4.69, 9.17) is 18.9 Å². The molecular formula is C20H38N2O6S2. The van der Waals surface area contributed by atoms with Crippen LogP contribution >= 0.6 is 0 Å². The van der Waals surface area contributed by atoms with Crippen LogP contribution in [0.5, 0.6) is 0 Å². The van der Waals surface area contributed by atoms with Crippen LogP contribution in [0.4, 0.5) is 0 Å². The third kappa shape index (κ3) is 8.72. The van der Waals surface area contributed by atoms with Crippen LogP contribution in [-0.2, 0) is 40.9 Å². The fraction of sp³-hybridized carbons (Fsp3) is 0.950. The maximum Gasteiger partial charge on any atom is 0.158 e. The lowest BCUT2D eigenvalue weighted by molar-refractivity contribution is -0.0582. The number of nitrogens with zero attached hydrogens (tertiary/aromatic N) is 1. The zero-order valence-electron chi connectivity index (χ0n) is 19.0. The summed E-state index contributed by atoms with van der Waals surface area (Å²) in [6, 6.07) is -0.189. The Morgan fingerprint density at radius 1 is 0.933 bits per heavy atom. The Morgan fingerprint density at radius 2 is 1.47 bits per heavy atom. The van der Waals surface area contributed by atoms with Crippen molar-refractivity contribution in [3.8, 4) is 0 Å². The summed E-state index contributed by atoms with van der Waals surface area (Å²) in [5.74, 6) is -0.174. The van der Waals surface area contributed by atoms with E-state index in [1.807, 2.05) is 41.5 Å². The first-order valence-electron chi connectivity index (χ1n) is 10.6. The van der Waals surface area contributed by atoms with Gasteiger partial charge in [-0.1, -0.05) is 0 Å². The van der Waals surface area contributed by atoms with Gasteiger partial charge in [-0.3, -0.25) is 0 Å². The minimum atomic E-state index is -1.38. The zero-order valence-corrected chi connectivity index (χ0v) is 20.7. The highest BCUT2D eigenvalue weighted by molar-refractivity contribution is 7.85. The lowest BCUT2D eigenvalue weighted by atomic mass is 9.94. The Hall–Kier alpha value is -0.230. The minimum Gasteiger partial charge on any atom is -0.350 e. The summed E-state index contributed by atoms with van der Waals surface area (Å²) in [4.78, 5) is 0. The van der Waals surface area contributed by atoms with Gasteiger partial charge in [0.25, 0.3) is 0 Å². The molecule has 2 fully saturated rings. The Labute approximate surface area is 186 Å². The van der Waals surface area contributed by atoms with Crippen molar-refractivity contribution in [1.82, 2.24) is 4.72 Å². The van der Waals surface area contributed by atoms with Crippen molar-refractivity contribution in [2.75, 3.05) is 26.4 Å². The first kappa shape index (κ1) is 26.0. The molecule has 0 aliphatic carbocycles. The quantitative estimate of drug-likeness (QED) is 0.497. The predicted molar refractivity (Wildman–Crippen MR) is 120 cm³/mol. The maximum absolute atomic E-state index is 12.9. The molecule has 10 heteroatoms. The van der Waals surface area contributed by atoms with Crippen molar-refractivity contribution in [1.29, 1.82) is 0 Å². The molecule has 176 valence electrons. The topological polar surface area (TPSA) is 95.5 Å². The molecule has 8 nitrogen and oxygen atoms in total. The molecule has 0 radical (unpaired) electrons. The molecule has 30 heavy (non-hydrogen) atoms. The summed E-state index contributed by atoms with van der Waals surface area (Å²) >= 11 is 0. The second-order valence-corrected chi connectivity index (χ2v) is 13.5. The summed E-state index contributed by atoms with van der Waals surface area (Å²) in [5, 5.41) is 0. The van der Waals surface area contributed by atoms with Gasteiger partial charge in [-0.05, 0) is 54.4 Å². The zero-order chi connectivity index (χ0) is 22.4. The summed E-state index contributed by atoms with van der Waals surface area (Å²) in [7, 11) is -2.65. The molecule has 0 unspecified atom stereocenters. The van der Waals surface area contributed by atoms with Gasteiger partial charge in [0.05, 0.1) is 46.9 Å². The highest BCUT2D eigenvalue weighted by Crippen LogP contribution is 2.24. The van der Waals surface area contributed by atoms with E-state index in [9.17, 15) is 8.42 Å². The molecule has 0 bridgehead atoms. The van der Waals surface area contributed by atoms with E-state index in [1.165, 1.54) is 0 Å². The van der Waals surface area contributed by atoms with E-state index < -0.39 is 31.5 Å². The van der Waals surface area contributed by atoms with Crippen LogP contribution in [-0.4, -0.2) is 69.2 Å². The first-order chi connectivity index (χ1) is 14.0. The van der Waals surface area contributed by atoms with E-state index in [0.717, 1.165) is 0 Å². The van der Waals surface area contributed by atoms with Gasteiger partial charge in [-0.15, -0.1) is 0 Å². The van der Waals surface area contributed by atoms with Gasteiger partial charge in [0.2, 0.25) is 0 Å². The molecule has 0 aromatic heterocycles. The van der Waals surface area contributed by atoms with Crippen molar-refractivity contribution in [2.45, 2.75) is 88.9 Å². The highest BCUT2D eigenvalue weighted by Gasteiger charge is 2.32. The van der Waals surface area contributed by atoms with Gasteiger partial charge in [-0.25, -0.2) is 13.1 Å². The van der Waals surface area contributed by atoms with Crippen LogP contribution in [0.25, 0.3) is 0 Å². The number of hydrogen-bond acceptors (Lipinski definition) is 6. The summed E-state index contributed by atoms with van der Waals surface area (Å²) < 4.78 is 54.6. The van der Waals surface area contributed by atoms with Crippen LogP contribution in [0, 0.1) is 5.92 Å². The third-order valence-corrected chi connectivity index (χ3v) is 7.75. The van der Waals surface area contributed by atoms with E-state index in [-0.39, 0.29) is 24.5 Å². The minimum absolute atomic E-state index is 0.174. The molecule has 0 saturated carbocycles. The van der Waals surface area contributed by atoms with E-state index in [0.29, 0.717) is 45.7 Å². The molecule has 0 amide bonds. The highest BCUT2D eigenvalue weighted by atomic mass is 32.2. The normalized spacial score (nSPS) is 23.8. The molecule has 2 heterocycles. The molecule has 0 spiro atoms. The Morgan fingerprint density at radius 3 is 1.97 bits per heavy atom. The van der Waals surface area contributed by atoms with Crippen molar-refractivity contribution in [2.24, 2.45) is 10.3 Å². The SMILES string of the molecule is CC(C)(C)[S@@](=O)/N=C/[C@H](CC1OCCO1)[C@H](CCC1OCCO1)N[S@](=O)C(C)(C)C. The third-order valence-electron chi connectivity index (χ3n) is 4.76. The number of hydrogen-bond donors (Lipinski definition) is 1. The Bertz CT molecular complexity index is 605. The van der Waals surface area contributed by atoms with E-state index in [1.54, 1.807) is 6.21 Å². The summed E-state index contributed by atoms with van der Waals surface area (Å²) in [6.07, 6.45) is 2.99. The standard InChI is InChI=1S/C20H38N2O6S2/c1-19(2,3)29(23)21-14-15(13-18-27-11-12-28-18)16(22-30(24)20(4,5)6)7-8-17-25-9-10-26-17/h14-18,22H,7-13H2,1-6H3/b21-14+/t15-,16-,29+,30+/m0/s1. The number of rotatable bonds is 10. The van der Waals surface area contributed by atoms with Gasteiger partial charge in [0, 0.05) is 24.6 Å². The van der Waals surface area contributed by atoms with Crippen LogP contribution in [0.1, 0.15) is 60.8 Å². The fourth-order valence-corrected chi connectivity index (χ4v) is 4.45. The Kier molecular flexibility index (Phi) is 10.0. The van der Waals surface area contributed by atoms with Gasteiger partial charge in [-0.2, -0.15) is 4.40 Å². The van der Waals surface area contributed by atoms with Crippen LogP contribution in [0.15, 0.2) is 4.40 Å². The van der Waals surface area contributed by atoms with Gasteiger partial charge in [0.1, 0.15) is 11.0 Å². The molecule has 2 rings (SSSR count). The Balaban J connectivity index is 2.19. The number of nitrogens with one attached hydrogen (secondary N) is 1. The molecule has 2 saturated heterocycles. The smallest absolute Gasteiger partial charge is 0.158 e. The van der Waals surface area contributed by atoms with Crippen molar-refractivity contribution >= 4 is 28.2 Å². The molecule has 0 aromatic rings. The monoisotopic (exact) mass is 466 g/mol. The van der Waals surface area contributed by atoms with Crippen molar-refractivity contribution in [3.05, 3.63) is 0 Å². The van der Waals surface area contributed by atoms with Gasteiger partial charge < -0.3 is 18.9 Å². The first-order valence-corrected chi connectivity index (χ1v) is 12.8. The van der Waals surface area contributed by atoms with Crippen LogP contribution < -0.4 is 4.72 Å². The lowest BCUT2D eigenvalue weighted by Gasteiger charge is -2.30. The van der Waals surface area contributed by atoms with Gasteiger partial charge >= 0.3 is 0 Å². The van der Waals surface area contributed by atoms with Crippen molar-refractivity contribution in [3.63, 3.8) is 0 Å². The summed E-state index contributed by atoms with van der Waals surface area (Å²) in [5.41, 5.74) is 0. The average molecular weight is 467 g/mol. The molecule has 2 aliphatic rings. The maximum atomic E-state index is 12.9. The molecule has 4 atom stereocenters. The molecular weight excluding hydrogens is 428 g/mol. The molecule has 2 aliphatic heterocycles. The molecule has 0 aromatic carbocycles. The average Bonchev–Trinajstić information content (AvgIpc) is 3.33. The second-order valence-electron chi connectivity index (χ2n) is 9.54.